The molecule has 0 aliphatic carbocycles. The van der Waals surface area contributed by atoms with Gasteiger partial charge < -0.3 is 4.42 Å². The SMILES string of the molecule is C=C(C)CC(C)(C(=O)CCCCC(=O)Cc1cc(=O)oc2cc(N=O)ccc12)C(C)C. The maximum Gasteiger partial charge on any atom is 0.336 e. The van der Waals surface area contributed by atoms with Gasteiger partial charge in [0.2, 0.25) is 0 Å². The van der Waals surface area contributed by atoms with Gasteiger partial charge in [0.1, 0.15) is 22.8 Å². The molecular formula is C25H31NO5. The molecule has 6 nitrogen and oxygen atoms in total. The van der Waals surface area contributed by atoms with Gasteiger partial charge in [-0.15, -0.1) is 11.5 Å². The number of nitroso groups, excluding NO2 is 1. The molecule has 166 valence electrons. The van der Waals surface area contributed by atoms with Crippen LogP contribution in [-0.4, -0.2) is 11.6 Å². The van der Waals surface area contributed by atoms with E-state index >= 15 is 0 Å². The van der Waals surface area contributed by atoms with Crippen LogP contribution in [0.2, 0.25) is 0 Å². The number of carbonyl (C=O) groups is 2. The largest absolute Gasteiger partial charge is 0.423 e. The molecule has 1 unspecified atom stereocenters. The molecule has 0 fully saturated rings. The lowest BCUT2D eigenvalue weighted by Gasteiger charge is -2.32. The van der Waals surface area contributed by atoms with Gasteiger partial charge in [-0.2, -0.15) is 0 Å². The summed E-state index contributed by atoms with van der Waals surface area (Å²) in [6.07, 6.45) is 2.81. The second-order valence-corrected chi connectivity index (χ2v) is 8.91. The maximum absolute atomic E-state index is 12.8. The Morgan fingerprint density at radius 1 is 1.16 bits per heavy atom. The number of unbranched alkanes of at least 4 members (excludes halogenated alkanes) is 1. The van der Waals surface area contributed by atoms with Crippen molar-refractivity contribution < 1.29 is 14.0 Å². The fourth-order valence-corrected chi connectivity index (χ4v) is 3.87. The monoisotopic (exact) mass is 425 g/mol. The van der Waals surface area contributed by atoms with Gasteiger partial charge in [0.05, 0.1) is 0 Å². The molecule has 0 radical (unpaired) electrons. The smallest absolute Gasteiger partial charge is 0.336 e. The number of allylic oxidation sites excluding steroid dienone is 1. The predicted octanol–water partition coefficient (Wildman–Crippen LogP) is 6.06. The molecule has 1 heterocycles. The number of hydrogen-bond acceptors (Lipinski definition) is 6. The van der Waals surface area contributed by atoms with E-state index in [0.29, 0.717) is 43.1 Å². The van der Waals surface area contributed by atoms with E-state index in [1.807, 2.05) is 13.8 Å². The molecule has 2 rings (SSSR count). The van der Waals surface area contributed by atoms with Crippen molar-refractivity contribution in [2.75, 3.05) is 0 Å². The zero-order chi connectivity index (χ0) is 23.2. The molecule has 31 heavy (non-hydrogen) atoms. The quantitative estimate of drug-likeness (QED) is 0.178. The minimum Gasteiger partial charge on any atom is -0.423 e. The molecule has 1 atom stereocenters. The van der Waals surface area contributed by atoms with Crippen LogP contribution in [0.1, 0.15) is 65.4 Å². The van der Waals surface area contributed by atoms with Crippen LogP contribution in [-0.2, 0) is 16.0 Å². The number of benzene rings is 1. The van der Waals surface area contributed by atoms with E-state index in [1.165, 1.54) is 18.2 Å². The molecule has 0 amide bonds. The van der Waals surface area contributed by atoms with E-state index in [-0.39, 0.29) is 35.2 Å². The third-order valence-electron chi connectivity index (χ3n) is 6.00. The second-order valence-electron chi connectivity index (χ2n) is 8.91. The lowest BCUT2D eigenvalue weighted by molar-refractivity contribution is -0.130. The highest BCUT2D eigenvalue weighted by Crippen LogP contribution is 2.36. The van der Waals surface area contributed by atoms with E-state index in [4.69, 9.17) is 4.42 Å². The van der Waals surface area contributed by atoms with Gasteiger partial charge in [-0.1, -0.05) is 26.3 Å². The summed E-state index contributed by atoms with van der Waals surface area (Å²) in [7, 11) is 0. The van der Waals surface area contributed by atoms with Gasteiger partial charge in [0.25, 0.3) is 0 Å². The number of fused-ring (bicyclic) bond motifs is 1. The Balaban J connectivity index is 1.96. The predicted molar refractivity (Wildman–Crippen MR) is 123 cm³/mol. The van der Waals surface area contributed by atoms with Crippen LogP contribution in [0.4, 0.5) is 5.69 Å². The second kappa shape index (κ2) is 10.4. The summed E-state index contributed by atoms with van der Waals surface area (Å²) in [5.41, 5.74) is 0.956. The Bertz CT molecular complexity index is 1050. The molecule has 0 bridgehead atoms. The lowest BCUT2D eigenvalue weighted by atomic mass is 9.70. The van der Waals surface area contributed by atoms with Gasteiger partial charge in [0, 0.05) is 42.2 Å². The first kappa shape index (κ1) is 24.4. The van der Waals surface area contributed by atoms with E-state index in [9.17, 15) is 19.3 Å². The molecule has 0 aliphatic rings. The summed E-state index contributed by atoms with van der Waals surface area (Å²) >= 11 is 0. The molecule has 0 aliphatic heterocycles. The molecule has 0 spiro atoms. The summed E-state index contributed by atoms with van der Waals surface area (Å²) in [5, 5.41) is 3.45. The van der Waals surface area contributed by atoms with Crippen LogP contribution in [0.15, 0.2) is 50.8 Å². The molecule has 6 heteroatoms. The normalized spacial score (nSPS) is 13.2. The first-order valence-corrected chi connectivity index (χ1v) is 10.7. The average Bonchev–Trinajstić information content (AvgIpc) is 2.69. The summed E-state index contributed by atoms with van der Waals surface area (Å²) in [6.45, 7) is 12.0. The van der Waals surface area contributed by atoms with Crippen LogP contribution in [0.5, 0.6) is 0 Å². The van der Waals surface area contributed by atoms with Crippen molar-refractivity contribution in [2.45, 2.75) is 66.2 Å². The number of nitrogens with zero attached hydrogens (tertiary/aromatic N) is 1. The van der Waals surface area contributed by atoms with Crippen molar-refractivity contribution in [3.05, 3.63) is 57.3 Å². The van der Waals surface area contributed by atoms with Crippen LogP contribution in [0, 0.1) is 16.2 Å². The fraction of sp³-hybridized carbons (Fsp3) is 0.480. The van der Waals surface area contributed by atoms with Gasteiger partial charge in [-0.05, 0) is 55.0 Å². The number of rotatable bonds is 12. The highest BCUT2D eigenvalue weighted by Gasteiger charge is 2.35. The van der Waals surface area contributed by atoms with E-state index in [1.54, 1.807) is 6.07 Å². The van der Waals surface area contributed by atoms with Gasteiger partial charge >= 0.3 is 5.63 Å². The Morgan fingerprint density at radius 2 is 1.84 bits per heavy atom. The number of carbonyl (C=O) groups excluding carboxylic acids is 2. The highest BCUT2D eigenvalue weighted by molar-refractivity contribution is 5.89. The van der Waals surface area contributed by atoms with Gasteiger partial charge in [-0.25, -0.2) is 4.79 Å². The summed E-state index contributed by atoms with van der Waals surface area (Å²) in [6, 6.07) is 5.85. The molecule has 2 aromatic rings. The zero-order valence-electron chi connectivity index (χ0n) is 18.8. The van der Waals surface area contributed by atoms with Crippen LogP contribution >= 0.6 is 0 Å². The minimum absolute atomic E-state index is 0.00880. The number of hydrogen-bond donors (Lipinski definition) is 0. The first-order chi connectivity index (χ1) is 14.6. The Hall–Kier alpha value is -2.89. The first-order valence-electron chi connectivity index (χ1n) is 10.7. The topological polar surface area (TPSA) is 93.8 Å². The summed E-state index contributed by atoms with van der Waals surface area (Å²) < 4.78 is 5.12. The third-order valence-corrected chi connectivity index (χ3v) is 6.00. The Morgan fingerprint density at radius 3 is 2.45 bits per heavy atom. The van der Waals surface area contributed by atoms with Gasteiger partial charge in [0.15, 0.2) is 0 Å². The molecule has 1 aromatic carbocycles. The maximum atomic E-state index is 12.8. The van der Waals surface area contributed by atoms with Crippen molar-refractivity contribution in [1.29, 1.82) is 0 Å². The van der Waals surface area contributed by atoms with Crippen LogP contribution in [0.25, 0.3) is 11.0 Å². The average molecular weight is 426 g/mol. The zero-order valence-corrected chi connectivity index (χ0v) is 18.8. The third kappa shape index (κ3) is 6.29. The highest BCUT2D eigenvalue weighted by atomic mass is 16.4. The standard InChI is InChI=1S/C25H31NO5/c1-16(2)15-25(5,17(3)4)23(28)9-7-6-8-20(27)12-18-13-24(29)31-22-14-19(26-30)10-11-21(18)22/h10-11,13-14,17H,1,6-9,12,15H2,2-5H3. The molecule has 1 aromatic heterocycles. The van der Waals surface area contributed by atoms with Crippen molar-refractivity contribution >= 4 is 28.2 Å². The van der Waals surface area contributed by atoms with E-state index in [2.05, 4.69) is 25.6 Å². The fourth-order valence-electron chi connectivity index (χ4n) is 3.87. The number of ketones is 2. The molecular weight excluding hydrogens is 394 g/mol. The molecule has 0 saturated heterocycles. The van der Waals surface area contributed by atoms with Gasteiger partial charge in [-0.3, -0.25) is 9.59 Å². The van der Waals surface area contributed by atoms with E-state index in [0.717, 1.165) is 5.57 Å². The Labute approximate surface area is 182 Å². The van der Waals surface area contributed by atoms with E-state index < -0.39 is 11.0 Å². The summed E-state index contributed by atoms with van der Waals surface area (Å²) in [4.78, 5) is 47.8. The van der Waals surface area contributed by atoms with Crippen molar-refractivity contribution in [3.63, 3.8) is 0 Å². The van der Waals surface area contributed by atoms with Crippen molar-refractivity contribution in [2.24, 2.45) is 16.5 Å². The van der Waals surface area contributed by atoms with Crippen LogP contribution in [0.3, 0.4) is 0 Å². The van der Waals surface area contributed by atoms with Crippen LogP contribution < -0.4 is 5.63 Å². The number of Topliss-reactive ketones (excluding diaryl/α,β-unsaturated/α-hetero) is 2. The summed E-state index contributed by atoms with van der Waals surface area (Å²) in [5.74, 6) is 0.418. The Kier molecular flexibility index (Phi) is 8.20. The van der Waals surface area contributed by atoms with Crippen molar-refractivity contribution in [3.8, 4) is 0 Å². The minimum atomic E-state index is -0.575. The lowest BCUT2D eigenvalue weighted by Crippen LogP contribution is -2.33. The molecule has 0 N–H and O–H groups in total. The molecule has 0 saturated carbocycles. The van der Waals surface area contributed by atoms with Crippen molar-refractivity contribution in [1.82, 2.24) is 0 Å².